The predicted octanol–water partition coefficient (Wildman–Crippen LogP) is 4.94. The van der Waals surface area contributed by atoms with Crippen molar-refractivity contribution in [1.29, 1.82) is 0 Å². The Kier molecular flexibility index (Phi) is 6.51. The third kappa shape index (κ3) is 4.52. The fourth-order valence-corrected chi connectivity index (χ4v) is 5.09. The van der Waals surface area contributed by atoms with Crippen LogP contribution < -0.4 is 15.0 Å². The molecule has 2 aliphatic heterocycles. The van der Waals surface area contributed by atoms with Crippen LogP contribution in [-0.2, 0) is 4.74 Å². The molecule has 0 bridgehead atoms. The van der Waals surface area contributed by atoms with Gasteiger partial charge in [0.2, 0.25) is 0 Å². The zero-order valence-corrected chi connectivity index (χ0v) is 20.5. The normalized spacial score (nSPS) is 17.0. The molecule has 4 heterocycles. The Hall–Kier alpha value is -4.25. The largest absolute Gasteiger partial charge is 0.493 e. The summed E-state index contributed by atoms with van der Waals surface area (Å²) < 4.78 is 69.1. The highest BCUT2D eigenvalue weighted by Crippen LogP contribution is 2.38. The van der Waals surface area contributed by atoms with E-state index in [0.29, 0.717) is 62.9 Å². The number of nitrogens with one attached hydrogen (secondary N) is 1. The van der Waals surface area contributed by atoms with Gasteiger partial charge in [-0.05, 0) is 12.1 Å². The van der Waals surface area contributed by atoms with Crippen LogP contribution in [-0.4, -0.2) is 48.8 Å². The summed E-state index contributed by atoms with van der Waals surface area (Å²) in [4.78, 5) is 24.0. The molecule has 1 atom stereocenters. The summed E-state index contributed by atoms with van der Waals surface area (Å²) >= 11 is 0. The van der Waals surface area contributed by atoms with Gasteiger partial charge in [-0.25, -0.2) is 22.5 Å². The van der Waals surface area contributed by atoms with Crippen LogP contribution in [0.1, 0.15) is 28.4 Å². The first kappa shape index (κ1) is 25.1. The Balaban J connectivity index is 1.50. The molecule has 39 heavy (non-hydrogen) atoms. The lowest BCUT2D eigenvalue weighted by Crippen LogP contribution is -2.39. The first-order valence-corrected chi connectivity index (χ1v) is 12.4. The van der Waals surface area contributed by atoms with Gasteiger partial charge in [-0.15, -0.1) is 0 Å². The zero-order chi connectivity index (χ0) is 27.1. The molecule has 1 saturated heterocycles. The molecule has 1 N–H and O–H groups in total. The van der Waals surface area contributed by atoms with Gasteiger partial charge in [0.05, 0.1) is 48.9 Å². The van der Waals surface area contributed by atoms with E-state index in [0.717, 1.165) is 11.8 Å². The second-order valence-corrected chi connectivity index (χ2v) is 9.25. The molecule has 4 aromatic rings. The summed E-state index contributed by atoms with van der Waals surface area (Å²) in [5.74, 6) is -4.72. The summed E-state index contributed by atoms with van der Waals surface area (Å²) in [6.07, 6.45) is 2.64. The number of nitrogens with zero attached hydrogens (tertiary/aromatic N) is 3. The number of hydrogen-bond donors (Lipinski definition) is 1. The van der Waals surface area contributed by atoms with Crippen LogP contribution >= 0.6 is 0 Å². The van der Waals surface area contributed by atoms with Crippen LogP contribution in [0.2, 0.25) is 0 Å². The van der Waals surface area contributed by atoms with Gasteiger partial charge in [0.25, 0.3) is 5.91 Å². The number of aromatic nitrogens is 2. The van der Waals surface area contributed by atoms with Crippen molar-refractivity contribution in [3.63, 3.8) is 0 Å². The van der Waals surface area contributed by atoms with Crippen molar-refractivity contribution in [3.8, 4) is 16.9 Å². The summed E-state index contributed by atoms with van der Waals surface area (Å²) in [5, 5.41) is 3.04. The molecule has 200 valence electrons. The molecule has 0 saturated carbocycles. The van der Waals surface area contributed by atoms with E-state index in [4.69, 9.17) is 9.47 Å². The predicted molar refractivity (Wildman–Crippen MR) is 135 cm³/mol. The number of carbonyl (C=O) groups excluding carboxylic acids is 1. The molecule has 0 radical (unpaired) electrons. The number of halogens is 4. The third-order valence-electron chi connectivity index (χ3n) is 6.91. The standard InChI is InChI=1S/C28H22F4N4O3/c29-15-11-17(24(32)19(30)12-15)23-20(31)14-34-26-25(23)33-13-18(27(26)36-6-9-38-10-7-36)28(37)35-21-5-8-39-22-4-2-1-3-16(21)22/h1-4,11-14,21H,5-10H2,(H,35,37)/t21-/m0/s1. The Bertz CT molecular complexity index is 1590. The quantitative estimate of drug-likeness (QED) is 0.293. The maximum atomic E-state index is 15.1. The Morgan fingerprint density at radius 1 is 0.949 bits per heavy atom. The molecule has 7 nitrogen and oxygen atoms in total. The van der Waals surface area contributed by atoms with Crippen LogP contribution in [0.4, 0.5) is 23.2 Å². The number of carbonyl (C=O) groups is 1. The molecule has 2 aliphatic rings. The molecule has 2 aromatic carbocycles. The number of benzene rings is 2. The number of ether oxygens (including phenoxy) is 2. The van der Waals surface area contributed by atoms with Gasteiger partial charge in [0.1, 0.15) is 22.6 Å². The number of fused-ring (bicyclic) bond motifs is 2. The number of anilines is 1. The molecule has 0 spiro atoms. The molecular formula is C28H22F4N4O3. The zero-order valence-electron chi connectivity index (χ0n) is 20.5. The van der Waals surface area contributed by atoms with Crippen molar-refractivity contribution in [1.82, 2.24) is 15.3 Å². The second kappa shape index (κ2) is 10.1. The lowest BCUT2D eigenvalue weighted by atomic mass is 9.99. The third-order valence-corrected chi connectivity index (χ3v) is 6.91. The molecule has 6 rings (SSSR count). The van der Waals surface area contributed by atoms with Crippen LogP contribution in [0.5, 0.6) is 5.75 Å². The van der Waals surface area contributed by atoms with E-state index in [1.54, 1.807) is 0 Å². The van der Waals surface area contributed by atoms with Gasteiger partial charge in [0.15, 0.2) is 17.5 Å². The average Bonchev–Trinajstić information content (AvgIpc) is 2.95. The minimum absolute atomic E-state index is 0.0948. The van der Waals surface area contributed by atoms with Crippen LogP contribution in [0.15, 0.2) is 48.8 Å². The van der Waals surface area contributed by atoms with Crippen LogP contribution in [0, 0.1) is 23.3 Å². The van der Waals surface area contributed by atoms with Gasteiger partial charge in [-0.2, -0.15) is 0 Å². The topological polar surface area (TPSA) is 76.6 Å². The monoisotopic (exact) mass is 538 g/mol. The Labute approximate surface area is 220 Å². The number of pyridine rings is 2. The number of amides is 1. The number of morpholine rings is 1. The average molecular weight is 539 g/mol. The molecule has 1 amide bonds. The van der Waals surface area contributed by atoms with Crippen LogP contribution in [0.3, 0.4) is 0 Å². The summed E-state index contributed by atoms with van der Waals surface area (Å²) in [6, 6.07) is 8.18. The van der Waals surface area contributed by atoms with Crippen molar-refractivity contribution in [2.45, 2.75) is 12.5 Å². The Morgan fingerprint density at radius 2 is 1.72 bits per heavy atom. The smallest absolute Gasteiger partial charge is 0.255 e. The minimum atomic E-state index is -1.46. The van der Waals surface area contributed by atoms with Crippen molar-refractivity contribution in [2.24, 2.45) is 0 Å². The van der Waals surface area contributed by atoms with E-state index in [9.17, 15) is 18.0 Å². The fraction of sp³-hybridized carbons (Fsp3) is 0.250. The molecule has 0 unspecified atom stereocenters. The minimum Gasteiger partial charge on any atom is -0.493 e. The lowest BCUT2D eigenvalue weighted by molar-refractivity contribution is 0.0923. The first-order chi connectivity index (χ1) is 18.9. The highest BCUT2D eigenvalue weighted by molar-refractivity contribution is 6.08. The van der Waals surface area contributed by atoms with E-state index in [2.05, 4.69) is 15.3 Å². The summed E-state index contributed by atoms with van der Waals surface area (Å²) in [7, 11) is 0. The van der Waals surface area contributed by atoms with Gasteiger partial charge < -0.3 is 19.7 Å². The van der Waals surface area contributed by atoms with E-state index >= 15 is 4.39 Å². The molecule has 1 fully saturated rings. The van der Waals surface area contributed by atoms with E-state index in [1.165, 1.54) is 6.20 Å². The number of para-hydroxylation sites is 1. The van der Waals surface area contributed by atoms with Crippen molar-refractivity contribution >= 4 is 22.6 Å². The number of rotatable bonds is 4. The van der Waals surface area contributed by atoms with Gasteiger partial charge in [-0.1, -0.05) is 18.2 Å². The molecule has 11 heteroatoms. The fourth-order valence-electron chi connectivity index (χ4n) is 5.09. The highest BCUT2D eigenvalue weighted by atomic mass is 19.2. The maximum Gasteiger partial charge on any atom is 0.255 e. The SMILES string of the molecule is O=C(N[C@H]1CCOc2ccccc21)c1cnc2c(-c3cc(F)cc(F)c3F)c(F)cnc2c1N1CCOCC1. The highest BCUT2D eigenvalue weighted by Gasteiger charge is 2.29. The van der Waals surface area contributed by atoms with E-state index < -0.39 is 40.3 Å². The molecule has 0 aliphatic carbocycles. The van der Waals surface area contributed by atoms with Gasteiger partial charge >= 0.3 is 0 Å². The first-order valence-electron chi connectivity index (χ1n) is 12.4. The summed E-state index contributed by atoms with van der Waals surface area (Å²) in [6.45, 7) is 1.97. The van der Waals surface area contributed by atoms with Gasteiger partial charge in [0, 0.05) is 42.9 Å². The van der Waals surface area contributed by atoms with Crippen molar-refractivity contribution < 1.29 is 31.8 Å². The molecule has 2 aromatic heterocycles. The van der Waals surface area contributed by atoms with Crippen LogP contribution in [0.25, 0.3) is 22.2 Å². The lowest BCUT2D eigenvalue weighted by Gasteiger charge is -2.32. The second-order valence-electron chi connectivity index (χ2n) is 9.25. The van der Waals surface area contributed by atoms with Crippen molar-refractivity contribution in [3.05, 3.63) is 83.2 Å². The van der Waals surface area contributed by atoms with Gasteiger partial charge in [-0.3, -0.25) is 9.78 Å². The van der Waals surface area contributed by atoms with E-state index in [-0.39, 0.29) is 22.6 Å². The molecular weight excluding hydrogens is 516 g/mol. The summed E-state index contributed by atoms with van der Waals surface area (Å²) in [5.41, 5.74) is 0.240. The van der Waals surface area contributed by atoms with E-state index in [1.807, 2.05) is 29.2 Å². The Morgan fingerprint density at radius 3 is 2.54 bits per heavy atom. The maximum absolute atomic E-state index is 15.1. The number of hydrogen-bond acceptors (Lipinski definition) is 6. The van der Waals surface area contributed by atoms with Crippen molar-refractivity contribution in [2.75, 3.05) is 37.8 Å².